The van der Waals surface area contributed by atoms with Crippen molar-refractivity contribution in [2.45, 2.75) is 6.92 Å². The Morgan fingerprint density at radius 1 is 1.12 bits per heavy atom. The van der Waals surface area contributed by atoms with Crippen LogP contribution in [-0.2, 0) is 0 Å². The molecule has 0 saturated carbocycles. The lowest BCUT2D eigenvalue weighted by atomic mass is 10.1. The summed E-state index contributed by atoms with van der Waals surface area (Å²) in [6.45, 7) is 6.35. The molecule has 2 aliphatic heterocycles. The van der Waals surface area contributed by atoms with Crippen molar-refractivity contribution in [2.24, 2.45) is 4.99 Å². The van der Waals surface area contributed by atoms with Crippen LogP contribution in [0.5, 0.6) is 17.2 Å². The topological polar surface area (TPSA) is 68.5 Å². The zero-order chi connectivity index (χ0) is 18.1. The first-order valence-corrected chi connectivity index (χ1v) is 8.96. The molecule has 4 rings (SSSR count). The third-order valence-corrected chi connectivity index (χ3v) is 4.96. The molecule has 0 aliphatic carbocycles. The minimum absolute atomic E-state index is 0.132. The van der Waals surface area contributed by atoms with Crippen molar-refractivity contribution < 1.29 is 14.9 Å². The number of anilines is 1. The lowest BCUT2D eigenvalue weighted by molar-refractivity contribution is 0.189. The Kier molecular flexibility index (Phi) is 4.53. The second-order valence-electron chi connectivity index (χ2n) is 6.59. The number of β-amino-alcohol motifs (C(OH)–C–C–N with tert-alkyl or cyclic N) is 1. The fourth-order valence-electron chi connectivity index (χ4n) is 3.45. The summed E-state index contributed by atoms with van der Waals surface area (Å²) in [5, 5.41) is 21.3. The summed E-state index contributed by atoms with van der Waals surface area (Å²) in [6.07, 6.45) is 2.01. The summed E-state index contributed by atoms with van der Waals surface area (Å²) >= 11 is 0. The van der Waals surface area contributed by atoms with Gasteiger partial charge in [-0.3, -0.25) is 4.90 Å². The van der Waals surface area contributed by atoms with Gasteiger partial charge in [0.15, 0.2) is 11.5 Å². The van der Waals surface area contributed by atoms with Crippen molar-refractivity contribution in [2.75, 3.05) is 44.2 Å². The van der Waals surface area contributed by atoms with Crippen molar-refractivity contribution in [1.29, 1.82) is 0 Å². The van der Waals surface area contributed by atoms with Crippen molar-refractivity contribution in [3.8, 4) is 17.2 Å². The van der Waals surface area contributed by atoms with Crippen LogP contribution in [0.4, 0.5) is 11.4 Å². The summed E-state index contributed by atoms with van der Waals surface area (Å²) in [7, 11) is 0. The number of aromatic hydroxyl groups is 1. The van der Waals surface area contributed by atoms with Gasteiger partial charge in [0.1, 0.15) is 16.8 Å². The van der Waals surface area contributed by atoms with Crippen LogP contribution in [0.3, 0.4) is 0 Å². The van der Waals surface area contributed by atoms with Gasteiger partial charge in [-0.15, -0.1) is 0 Å². The number of rotatable bonds is 3. The van der Waals surface area contributed by atoms with Crippen LogP contribution in [0.1, 0.15) is 6.92 Å². The van der Waals surface area contributed by atoms with Gasteiger partial charge < -0.3 is 19.8 Å². The van der Waals surface area contributed by atoms with E-state index in [-0.39, 0.29) is 12.4 Å². The highest BCUT2D eigenvalue weighted by Crippen LogP contribution is 2.43. The van der Waals surface area contributed by atoms with Crippen molar-refractivity contribution >= 4 is 17.5 Å². The summed E-state index contributed by atoms with van der Waals surface area (Å²) in [5.41, 5.74) is 1.41. The Hall–Kier alpha value is -2.57. The maximum Gasteiger partial charge on any atom is 0.159 e. The maximum atomic E-state index is 10.5. The molecule has 136 valence electrons. The molecule has 2 aliphatic rings. The first kappa shape index (κ1) is 16.9. The first-order valence-electron chi connectivity index (χ1n) is 8.96. The van der Waals surface area contributed by atoms with Crippen LogP contribution in [-0.4, -0.2) is 54.4 Å². The molecular formula is C20H23N3O3. The molecule has 2 aromatic rings. The third kappa shape index (κ3) is 3.13. The van der Waals surface area contributed by atoms with Gasteiger partial charge in [-0.25, -0.2) is 4.99 Å². The van der Waals surface area contributed by atoms with E-state index in [1.54, 1.807) is 6.07 Å². The van der Waals surface area contributed by atoms with E-state index in [0.717, 1.165) is 42.4 Å². The van der Waals surface area contributed by atoms with Crippen LogP contribution in [0.25, 0.3) is 6.08 Å². The molecule has 2 aromatic carbocycles. The molecule has 2 N–H and O–H groups in total. The monoisotopic (exact) mass is 353 g/mol. The van der Waals surface area contributed by atoms with E-state index < -0.39 is 0 Å². The highest BCUT2D eigenvalue weighted by Gasteiger charge is 2.22. The molecule has 0 radical (unpaired) electrons. The number of nitrogens with zero attached hydrogens (tertiary/aromatic N) is 3. The summed E-state index contributed by atoms with van der Waals surface area (Å²) in [4.78, 5) is 9.02. The molecule has 0 amide bonds. The van der Waals surface area contributed by atoms with Gasteiger partial charge in [0.05, 0.1) is 6.61 Å². The van der Waals surface area contributed by atoms with E-state index in [1.807, 2.05) is 37.3 Å². The second-order valence-corrected chi connectivity index (χ2v) is 6.59. The molecule has 0 aromatic heterocycles. The number of piperazine rings is 1. The zero-order valence-electron chi connectivity index (χ0n) is 14.9. The Morgan fingerprint density at radius 2 is 1.92 bits per heavy atom. The van der Waals surface area contributed by atoms with Gasteiger partial charge in [0.25, 0.3) is 0 Å². The quantitative estimate of drug-likeness (QED) is 0.744. The van der Waals surface area contributed by atoms with Crippen molar-refractivity contribution in [3.05, 3.63) is 40.9 Å². The summed E-state index contributed by atoms with van der Waals surface area (Å²) in [6, 6.07) is 9.55. The van der Waals surface area contributed by atoms with Crippen LogP contribution >= 0.6 is 0 Å². The minimum Gasteiger partial charge on any atom is -0.505 e. The number of aliphatic hydroxyl groups excluding tert-OH is 1. The molecule has 6 nitrogen and oxygen atoms in total. The van der Waals surface area contributed by atoms with Gasteiger partial charge in [0, 0.05) is 50.5 Å². The molecule has 1 fully saturated rings. The average molecular weight is 353 g/mol. The standard InChI is InChI=1S/C20H23N3O3/c1-2-14-3-4-16-18(11-14)26-19-13-15(12-17(25)20(19)21-16)23-7-5-22(6-8-23)9-10-24/h2-4,11-13,24-25H,5-10H2,1H3. The number of phenols is 1. The molecule has 0 atom stereocenters. The van der Waals surface area contributed by atoms with E-state index in [4.69, 9.17) is 9.84 Å². The SMILES string of the molecule is CC=c1ccc2c(c1)Oc1cc(N3CCN(CCO)CC3)cc(O)c1N=2. The molecule has 26 heavy (non-hydrogen) atoms. The predicted molar refractivity (Wildman–Crippen MR) is 101 cm³/mol. The van der Waals surface area contributed by atoms with E-state index in [2.05, 4.69) is 14.8 Å². The Balaban J connectivity index is 1.64. The molecule has 0 spiro atoms. The summed E-state index contributed by atoms with van der Waals surface area (Å²) < 4.78 is 6.05. The normalized spacial score (nSPS) is 17.3. The van der Waals surface area contributed by atoms with E-state index >= 15 is 0 Å². The molecule has 2 heterocycles. The van der Waals surface area contributed by atoms with Gasteiger partial charge in [-0.05, 0) is 24.3 Å². The van der Waals surface area contributed by atoms with Gasteiger partial charge >= 0.3 is 0 Å². The number of fused-ring (bicyclic) bond motifs is 2. The maximum absolute atomic E-state index is 10.5. The Bertz CT molecular complexity index is 934. The Morgan fingerprint density at radius 3 is 2.65 bits per heavy atom. The lowest BCUT2D eigenvalue weighted by Gasteiger charge is -2.36. The van der Waals surface area contributed by atoms with Crippen molar-refractivity contribution in [3.63, 3.8) is 0 Å². The minimum atomic E-state index is 0.132. The molecule has 0 bridgehead atoms. The molecule has 1 saturated heterocycles. The molecule has 0 unspecified atom stereocenters. The van der Waals surface area contributed by atoms with Crippen LogP contribution < -0.4 is 20.2 Å². The number of aliphatic hydroxyl groups is 1. The predicted octanol–water partition coefficient (Wildman–Crippen LogP) is 1.36. The first-order chi connectivity index (χ1) is 12.7. The van der Waals surface area contributed by atoms with Crippen LogP contribution in [0.15, 0.2) is 35.3 Å². The van der Waals surface area contributed by atoms with Crippen molar-refractivity contribution in [1.82, 2.24) is 4.90 Å². The summed E-state index contributed by atoms with van der Waals surface area (Å²) in [5.74, 6) is 1.42. The van der Waals surface area contributed by atoms with E-state index in [0.29, 0.717) is 23.7 Å². The number of phenolic OH excluding ortho intramolecular Hbond substituents is 1. The number of ether oxygens (including phenoxy) is 1. The number of benzene rings is 2. The second kappa shape index (κ2) is 6.97. The van der Waals surface area contributed by atoms with E-state index in [1.165, 1.54) is 0 Å². The van der Waals surface area contributed by atoms with Gasteiger partial charge in [-0.1, -0.05) is 12.1 Å². The third-order valence-electron chi connectivity index (χ3n) is 4.96. The Labute approximate surface area is 152 Å². The number of hydrogen-bond donors (Lipinski definition) is 2. The van der Waals surface area contributed by atoms with Crippen LogP contribution in [0, 0.1) is 0 Å². The largest absolute Gasteiger partial charge is 0.505 e. The highest BCUT2D eigenvalue weighted by molar-refractivity contribution is 5.71. The highest BCUT2D eigenvalue weighted by atomic mass is 16.5. The van der Waals surface area contributed by atoms with Gasteiger partial charge in [-0.2, -0.15) is 0 Å². The van der Waals surface area contributed by atoms with E-state index in [9.17, 15) is 5.11 Å². The number of hydrogen-bond acceptors (Lipinski definition) is 6. The van der Waals surface area contributed by atoms with Crippen LogP contribution in [0.2, 0.25) is 0 Å². The smallest absolute Gasteiger partial charge is 0.159 e. The fourth-order valence-corrected chi connectivity index (χ4v) is 3.45. The lowest BCUT2D eigenvalue weighted by Crippen LogP contribution is -2.47. The zero-order valence-corrected chi connectivity index (χ0v) is 14.9. The fraction of sp³-hybridized carbons (Fsp3) is 0.350. The average Bonchev–Trinajstić information content (AvgIpc) is 2.67. The molecule has 6 heteroatoms. The van der Waals surface area contributed by atoms with Gasteiger partial charge in [0.2, 0.25) is 0 Å². The molecular weight excluding hydrogens is 330 g/mol.